The van der Waals surface area contributed by atoms with Gasteiger partial charge in [-0.05, 0) is 12.8 Å². The zero-order chi connectivity index (χ0) is 9.56. The smallest absolute Gasteiger partial charge is 0.338 e. The summed E-state index contributed by atoms with van der Waals surface area (Å²) < 4.78 is 0. The minimum atomic E-state index is -0.764. The van der Waals surface area contributed by atoms with E-state index in [1.54, 1.807) is 6.92 Å². The Morgan fingerprint density at radius 3 is 2.58 bits per heavy atom. The third-order valence-electron chi connectivity index (χ3n) is 1.56. The summed E-state index contributed by atoms with van der Waals surface area (Å²) in [5, 5.41) is 8.52. The van der Waals surface area contributed by atoms with Crippen molar-refractivity contribution in [2.24, 2.45) is 17.4 Å². The highest BCUT2D eigenvalue weighted by Gasteiger charge is 2.09. The Morgan fingerprint density at radius 2 is 2.17 bits per heavy atom. The van der Waals surface area contributed by atoms with Crippen molar-refractivity contribution >= 4 is 11.9 Å². The monoisotopic (exact) mass is 174 g/mol. The molecule has 0 radical (unpaired) electrons. The number of nitrogens with one attached hydrogen (secondary N) is 1. The predicted molar refractivity (Wildman–Crippen MR) is 45.2 cm³/mol. The zero-order valence-electron chi connectivity index (χ0n) is 7.21. The van der Waals surface area contributed by atoms with Gasteiger partial charge in [0, 0.05) is 0 Å². The Morgan fingerprint density at radius 1 is 1.58 bits per heavy atom. The van der Waals surface area contributed by atoms with Crippen LogP contribution in [0.3, 0.4) is 0 Å². The SMILES string of the molecule is C[C@@H](CCC[NH+]=C(N)N)C(=O)O. The van der Waals surface area contributed by atoms with Crippen molar-refractivity contribution in [1.82, 2.24) is 0 Å². The van der Waals surface area contributed by atoms with Gasteiger partial charge in [-0.25, -0.2) is 0 Å². The van der Waals surface area contributed by atoms with Gasteiger partial charge in [0.1, 0.15) is 0 Å². The van der Waals surface area contributed by atoms with E-state index in [2.05, 4.69) is 4.99 Å². The number of carbonyl (C=O) groups is 1. The Bertz CT molecular complexity index is 175. The molecule has 5 heteroatoms. The molecule has 6 N–H and O–H groups in total. The third-order valence-corrected chi connectivity index (χ3v) is 1.56. The molecule has 0 aromatic rings. The van der Waals surface area contributed by atoms with E-state index in [-0.39, 0.29) is 11.9 Å². The maximum Gasteiger partial charge on any atom is 0.338 e. The predicted octanol–water partition coefficient (Wildman–Crippen LogP) is -2.16. The topological polar surface area (TPSA) is 103 Å². The van der Waals surface area contributed by atoms with Crippen molar-refractivity contribution in [1.29, 1.82) is 0 Å². The van der Waals surface area contributed by atoms with Crippen LogP contribution in [0.1, 0.15) is 19.8 Å². The molecule has 1 atom stereocenters. The highest BCUT2D eigenvalue weighted by atomic mass is 16.4. The zero-order valence-corrected chi connectivity index (χ0v) is 7.21. The lowest BCUT2D eigenvalue weighted by Gasteiger charge is -2.02. The lowest BCUT2D eigenvalue weighted by atomic mass is 10.1. The molecule has 70 valence electrons. The molecule has 5 nitrogen and oxygen atoms in total. The maximum absolute atomic E-state index is 10.4. The van der Waals surface area contributed by atoms with E-state index in [0.29, 0.717) is 13.0 Å². The second kappa shape index (κ2) is 5.40. The first-order valence-corrected chi connectivity index (χ1v) is 3.88. The molecule has 0 aromatic heterocycles. The van der Waals surface area contributed by atoms with E-state index in [1.807, 2.05) is 0 Å². The number of hydrogen-bond donors (Lipinski definition) is 4. The van der Waals surface area contributed by atoms with Gasteiger partial charge in [0.2, 0.25) is 0 Å². The molecule has 0 amide bonds. The molecule has 0 saturated carbocycles. The molecule has 0 unspecified atom stereocenters. The molecule has 0 spiro atoms. The molecule has 0 bridgehead atoms. The van der Waals surface area contributed by atoms with E-state index in [4.69, 9.17) is 16.6 Å². The van der Waals surface area contributed by atoms with Gasteiger partial charge in [0.15, 0.2) is 0 Å². The lowest BCUT2D eigenvalue weighted by molar-refractivity contribution is -0.459. The quantitative estimate of drug-likeness (QED) is 0.216. The highest BCUT2D eigenvalue weighted by Crippen LogP contribution is 2.02. The fourth-order valence-corrected chi connectivity index (χ4v) is 0.764. The van der Waals surface area contributed by atoms with Gasteiger partial charge >= 0.3 is 11.9 Å². The standard InChI is InChI=1S/C7H15N3O2/c1-5(6(11)12)3-2-4-10-7(8)9/h5H,2-4H2,1H3,(H,11,12)(H4,8,9,10)/p+1/t5-/m0/s1. The summed E-state index contributed by atoms with van der Waals surface area (Å²) in [6.07, 6.45) is 1.39. The van der Waals surface area contributed by atoms with Crippen LogP contribution in [-0.4, -0.2) is 23.6 Å². The minimum absolute atomic E-state index is 0.179. The number of nitrogens with two attached hydrogens (primary N) is 2. The molecular weight excluding hydrogens is 158 g/mol. The summed E-state index contributed by atoms with van der Waals surface area (Å²) in [6, 6.07) is 0. The van der Waals surface area contributed by atoms with Crippen LogP contribution in [0, 0.1) is 5.92 Å². The fourth-order valence-electron chi connectivity index (χ4n) is 0.764. The van der Waals surface area contributed by atoms with Gasteiger partial charge in [-0.2, -0.15) is 0 Å². The Labute approximate surface area is 71.5 Å². The second-order valence-electron chi connectivity index (χ2n) is 2.76. The Balaban J connectivity index is 3.44. The summed E-state index contributed by atoms with van der Waals surface area (Å²) in [7, 11) is 0. The van der Waals surface area contributed by atoms with E-state index in [1.165, 1.54) is 0 Å². The van der Waals surface area contributed by atoms with Crippen LogP contribution >= 0.6 is 0 Å². The van der Waals surface area contributed by atoms with Gasteiger partial charge in [0.25, 0.3) is 0 Å². The van der Waals surface area contributed by atoms with Crippen LogP contribution in [0.25, 0.3) is 0 Å². The molecule has 0 fully saturated rings. The van der Waals surface area contributed by atoms with E-state index in [9.17, 15) is 4.79 Å². The van der Waals surface area contributed by atoms with Crippen LogP contribution in [0.2, 0.25) is 0 Å². The van der Waals surface area contributed by atoms with Crippen LogP contribution in [0.5, 0.6) is 0 Å². The summed E-state index contributed by atoms with van der Waals surface area (Å²) in [5.74, 6) is -0.886. The first-order valence-electron chi connectivity index (χ1n) is 3.88. The summed E-state index contributed by atoms with van der Waals surface area (Å²) in [4.78, 5) is 13.1. The van der Waals surface area contributed by atoms with Gasteiger partial charge in [0.05, 0.1) is 12.5 Å². The third kappa shape index (κ3) is 5.52. The normalized spacial score (nSPS) is 12.1. The van der Waals surface area contributed by atoms with E-state index < -0.39 is 5.97 Å². The van der Waals surface area contributed by atoms with Gasteiger partial charge in [-0.3, -0.25) is 21.3 Å². The van der Waals surface area contributed by atoms with Crippen LogP contribution in [-0.2, 0) is 4.79 Å². The van der Waals surface area contributed by atoms with Crippen molar-refractivity contribution in [3.8, 4) is 0 Å². The Kier molecular flexibility index (Phi) is 4.83. The molecular formula is C7H16N3O2+. The average Bonchev–Trinajstić information content (AvgIpc) is 1.97. The van der Waals surface area contributed by atoms with Crippen molar-refractivity contribution in [2.75, 3.05) is 6.54 Å². The first-order chi connectivity index (χ1) is 5.54. The summed E-state index contributed by atoms with van der Waals surface area (Å²) >= 11 is 0. The molecule has 0 aromatic carbocycles. The Hall–Kier alpha value is -1.26. The molecule has 0 aliphatic carbocycles. The van der Waals surface area contributed by atoms with Gasteiger partial charge < -0.3 is 5.11 Å². The van der Waals surface area contributed by atoms with Crippen molar-refractivity contribution in [3.05, 3.63) is 0 Å². The molecule has 0 heterocycles. The summed E-state index contributed by atoms with van der Waals surface area (Å²) in [6.45, 7) is 2.30. The minimum Gasteiger partial charge on any atom is -0.481 e. The lowest BCUT2D eigenvalue weighted by Crippen LogP contribution is -2.78. The van der Waals surface area contributed by atoms with Crippen molar-refractivity contribution in [2.45, 2.75) is 19.8 Å². The molecule has 0 aliphatic heterocycles. The largest absolute Gasteiger partial charge is 0.481 e. The van der Waals surface area contributed by atoms with Crippen LogP contribution < -0.4 is 16.5 Å². The molecule has 0 aliphatic rings. The average molecular weight is 174 g/mol. The number of carboxylic acid groups (broad SMARTS) is 1. The van der Waals surface area contributed by atoms with Crippen LogP contribution in [0.15, 0.2) is 0 Å². The second-order valence-corrected chi connectivity index (χ2v) is 2.76. The van der Waals surface area contributed by atoms with Crippen LogP contribution in [0.4, 0.5) is 0 Å². The number of hydrogen-bond acceptors (Lipinski definition) is 1. The molecule has 0 saturated heterocycles. The molecule has 0 rings (SSSR count). The summed E-state index contributed by atoms with van der Waals surface area (Å²) in [5.41, 5.74) is 10.3. The highest BCUT2D eigenvalue weighted by molar-refractivity contribution is 5.69. The van der Waals surface area contributed by atoms with E-state index in [0.717, 1.165) is 6.42 Å². The maximum atomic E-state index is 10.4. The number of guanidine groups is 1. The van der Waals surface area contributed by atoms with Gasteiger partial charge in [-0.1, -0.05) is 6.92 Å². The number of carboxylic acids is 1. The number of aliphatic carboxylic acids is 1. The van der Waals surface area contributed by atoms with E-state index >= 15 is 0 Å². The number of rotatable bonds is 5. The van der Waals surface area contributed by atoms with Crippen molar-refractivity contribution in [3.63, 3.8) is 0 Å². The fraction of sp³-hybridized carbons (Fsp3) is 0.714. The van der Waals surface area contributed by atoms with Gasteiger partial charge in [-0.15, -0.1) is 0 Å². The molecule has 12 heavy (non-hydrogen) atoms. The first kappa shape index (κ1) is 10.7. The van der Waals surface area contributed by atoms with Crippen molar-refractivity contribution < 1.29 is 14.9 Å².